The highest BCUT2D eigenvalue weighted by atomic mass is 32.2. The number of sulfonamides is 1. The first kappa shape index (κ1) is 20.7. The molecule has 0 saturated carbocycles. The average Bonchev–Trinajstić information content (AvgIpc) is 2.65. The van der Waals surface area contributed by atoms with Gasteiger partial charge in [-0.15, -0.1) is 0 Å². The molecule has 0 bridgehead atoms. The van der Waals surface area contributed by atoms with E-state index >= 15 is 0 Å². The molecule has 1 amide bonds. The Labute approximate surface area is 160 Å². The lowest BCUT2D eigenvalue weighted by Crippen LogP contribution is -2.38. The van der Waals surface area contributed by atoms with Crippen LogP contribution in [0, 0.1) is 0 Å². The minimum absolute atomic E-state index is 0.218. The molecule has 0 saturated heterocycles. The molecule has 0 spiro atoms. The SMILES string of the molecule is COc1ccc(NC(=O)CN(CCc2ccccc2)S(C)(=O)=O)c(OC)c1. The Balaban J connectivity index is 2.05. The molecule has 1 N–H and O–H groups in total. The van der Waals surface area contributed by atoms with Gasteiger partial charge in [-0.3, -0.25) is 4.79 Å². The highest BCUT2D eigenvalue weighted by Crippen LogP contribution is 2.29. The number of hydrogen-bond acceptors (Lipinski definition) is 5. The molecular weight excluding hydrogens is 368 g/mol. The van der Waals surface area contributed by atoms with Gasteiger partial charge in [-0.1, -0.05) is 30.3 Å². The maximum atomic E-state index is 12.4. The van der Waals surface area contributed by atoms with E-state index in [2.05, 4.69) is 5.32 Å². The zero-order valence-electron chi connectivity index (χ0n) is 15.6. The Morgan fingerprint density at radius 2 is 1.78 bits per heavy atom. The van der Waals surface area contributed by atoms with E-state index in [-0.39, 0.29) is 13.1 Å². The molecule has 2 rings (SSSR count). The summed E-state index contributed by atoms with van der Waals surface area (Å²) >= 11 is 0. The average molecular weight is 392 g/mol. The van der Waals surface area contributed by atoms with Gasteiger partial charge in [-0.05, 0) is 24.1 Å². The van der Waals surface area contributed by atoms with Gasteiger partial charge in [0.05, 0.1) is 32.7 Å². The summed E-state index contributed by atoms with van der Waals surface area (Å²) in [6.45, 7) is -0.0587. The summed E-state index contributed by atoms with van der Waals surface area (Å²) in [5.74, 6) is 0.570. The van der Waals surface area contributed by atoms with Crippen LogP contribution in [-0.4, -0.2) is 52.2 Å². The zero-order chi connectivity index (χ0) is 19.9. The molecular formula is C19H24N2O5S. The minimum Gasteiger partial charge on any atom is -0.497 e. The second-order valence-corrected chi connectivity index (χ2v) is 7.93. The standard InChI is InChI=1S/C19H24N2O5S/c1-25-16-9-10-17(18(13-16)26-2)20-19(22)14-21(27(3,23)24)12-11-15-7-5-4-6-8-15/h4-10,13H,11-12,14H2,1-3H3,(H,20,22). The summed E-state index contributed by atoms with van der Waals surface area (Å²) in [7, 11) is -0.517. The van der Waals surface area contributed by atoms with Gasteiger partial charge in [-0.25, -0.2) is 8.42 Å². The second kappa shape index (κ2) is 9.38. The minimum atomic E-state index is -3.53. The molecule has 0 fully saturated rings. The van der Waals surface area contributed by atoms with Gasteiger partial charge >= 0.3 is 0 Å². The number of methoxy groups -OCH3 is 2. The lowest BCUT2D eigenvalue weighted by Gasteiger charge is -2.20. The van der Waals surface area contributed by atoms with E-state index in [0.717, 1.165) is 16.1 Å². The van der Waals surface area contributed by atoms with Crippen LogP contribution in [0.2, 0.25) is 0 Å². The number of carbonyl (C=O) groups is 1. The molecule has 146 valence electrons. The van der Waals surface area contributed by atoms with E-state index in [9.17, 15) is 13.2 Å². The van der Waals surface area contributed by atoms with E-state index in [4.69, 9.17) is 9.47 Å². The number of anilines is 1. The van der Waals surface area contributed by atoms with Gasteiger partial charge in [0.1, 0.15) is 11.5 Å². The fourth-order valence-electron chi connectivity index (χ4n) is 2.51. The van der Waals surface area contributed by atoms with Crippen molar-refractivity contribution in [3.8, 4) is 11.5 Å². The third-order valence-corrected chi connectivity index (χ3v) is 5.21. The first-order valence-corrected chi connectivity index (χ1v) is 10.2. The normalized spacial score (nSPS) is 11.3. The Bertz CT molecular complexity index is 869. The molecule has 0 atom stereocenters. The van der Waals surface area contributed by atoms with Gasteiger partial charge in [-0.2, -0.15) is 4.31 Å². The molecule has 7 nitrogen and oxygen atoms in total. The monoisotopic (exact) mass is 392 g/mol. The number of benzene rings is 2. The van der Waals surface area contributed by atoms with Gasteiger partial charge in [0.25, 0.3) is 0 Å². The van der Waals surface area contributed by atoms with Gasteiger partial charge in [0.2, 0.25) is 15.9 Å². The highest BCUT2D eigenvalue weighted by Gasteiger charge is 2.20. The van der Waals surface area contributed by atoms with E-state index in [1.165, 1.54) is 14.2 Å². The van der Waals surface area contributed by atoms with E-state index < -0.39 is 15.9 Å². The molecule has 0 radical (unpaired) electrons. The van der Waals surface area contributed by atoms with E-state index in [0.29, 0.717) is 23.6 Å². The first-order valence-electron chi connectivity index (χ1n) is 8.34. The molecule has 0 aromatic heterocycles. The van der Waals surface area contributed by atoms with Crippen molar-refractivity contribution in [1.82, 2.24) is 4.31 Å². The summed E-state index contributed by atoms with van der Waals surface area (Å²) in [6.07, 6.45) is 1.62. The molecule has 2 aromatic carbocycles. The topological polar surface area (TPSA) is 84.9 Å². The number of nitrogens with one attached hydrogen (secondary N) is 1. The van der Waals surface area contributed by atoms with Crippen LogP contribution < -0.4 is 14.8 Å². The summed E-state index contributed by atoms with van der Waals surface area (Å²) in [5.41, 5.74) is 1.45. The lowest BCUT2D eigenvalue weighted by molar-refractivity contribution is -0.116. The second-order valence-electron chi connectivity index (χ2n) is 5.95. The van der Waals surface area contributed by atoms with Crippen LogP contribution in [0.5, 0.6) is 11.5 Å². The maximum Gasteiger partial charge on any atom is 0.239 e. The number of ether oxygens (including phenoxy) is 2. The van der Waals surface area contributed by atoms with Crippen molar-refractivity contribution in [3.05, 3.63) is 54.1 Å². The summed E-state index contributed by atoms with van der Waals surface area (Å²) in [5, 5.41) is 2.69. The van der Waals surface area contributed by atoms with Crippen LogP contribution >= 0.6 is 0 Å². The Hall–Kier alpha value is -2.58. The third-order valence-electron chi connectivity index (χ3n) is 3.96. The highest BCUT2D eigenvalue weighted by molar-refractivity contribution is 7.88. The van der Waals surface area contributed by atoms with Crippen molar-refractivity contribution in [2.45, 2.75) is 6.42 Å². The quantitative estimate of drug-likeness (QED) is 0.707. The number of hydrogen-bond donors (Lipinski definition) is 1. The van der Waals surface area contributed by atoms with Crippen molar-refractivity contribution < 1.29 is 22.7 Å². The molecule has 8 heteroatoms. The molecule has 0 aliphatic rings. The van der Waals surface area contributed by atoms with Crippen LogP contribution in [0.15, 0.2) is 48.5 Å². The predicted molar refractivity (Wildman–Crippen MR) is 105 cm³/mol. The van der Waals surface area contributed by atoms with Crippen molar-refractivity contribution >= 4 is 21.6 Å². The van der Waals surface area contributed by atoms with Crippen LogP contribution in [0.25, 0.3) is 0 Å². The molecule has 0 aliphatic heterocycles. The molecule has 0 unspecified atom stereocenters. The summed E-state index contributed by atoms with van der Waals surface area (Å²) in [6, 6.07) is 14.5. The van der Waals surface area contributed by atoms with Gasteiger partial charge in [0, 0.05) is 12.6 Å². The Kier molecular flexibility index (Phi) is 7.20. The van der Waals surface area contributed by atoms with Crippen LogP contribution in [0.3, 0.4) is 0 Å². The molecule has 2 aromatic rings. The van der Waals surface area contributed by atoms with Crippen molar-refractivity contribution in [1.29, 1.82) is 0 Å². The van der Waals surface area contributed by atoms with E-state index in [1.54, 1.807) is 18.2 Å². The fourth-order valence-corrected chi connectivity index (χ4v) is 3.29. The first-order chi connectivity index (χ1) is 12.8. The van der Waals surface area contributed by atoms with Gasteiger partial charge in [0.15, 0.2) is 0 Å². The summed E-state index contributed by atoms with van der Waals surface area (Å²) in [4.78, 5) is 12.4. The van der Waals surface area contributed by atoms with E-state index in [1.807, 2.05) is 30.3 Å². The maximum absolute atomic E-state index is 12.4. The molecule has 27 heavy (non-hydrogen) atoms. The Morgan fingerprint density at radius 3 is 2.37 bits per heavy atom. The third kappa shape index (κ3) is 6.26. The Morgan fingerprint density at radius 1 is 1.07 bits per heavy atom. The smallest absolute Gasteiger partial charge is 0.239 e. The van der Waals surface area contributed by atoms with Crippen LogP contribution in [-0.2, 0) is 21.2 Å². The lowest BCUT2D eigenvalue weighted by atomic mass is 10.1. The predicted octanol–water partition coefficient (Wildman–Crippen LogP) is 2.15. The van der Waals surface area contributed by atoms with Crippen molar-refractivity contribution in [3.63, 3.8) is 0 Å². The van der Waals surface area contributed by atoms with Gasteiger partial charge < -0.3 is 14.8 Å². The number of rotatable bonds is 9. The fraction of sp³-hybridized carbons (Fsp3) is 0.316. The number of carbonyl (C=O) groups excluding carboxylic acids is 1. The molecule has 0 aliphatic carbocycles. The number of nitrogens with zero attached hydrogens (tertiary/aromatic N) is 1. The zero-order valence-corrected chi connectivity index (χ0v) is 16.5. The molecule has 0 heterocycles. The van der Waals surface area contributed by atoms with Crippen molar-refractivity contribution in [2.24, 2.45) is 0 Å². The van der Waals surface area contributed by atoms with Crippen LogP contribution in [0.4, 0.5) is 5.69 Å². The summed E-state index contributed by atoms with van der Waals surface area (Å²) < 4.78 is 35.6. The number of amides is 1. The van der Waals surface area contributed by atoms with Crippen LogP contribution in [0.1, 0.15) is 5.56 Å². The largest absolute Gasteiger partial charge is 0.497 e. The van der Waals surface area contributed by atoms with Crippen molar-refractivity contribution in [2.75, 3.05) is 38.9 Å².